The minimum absolute atomic E-state index is 0.216. The van der Waals surface area contributed by atoms with Crippen molar-refractivity contribution in [3.05, 3.63) is 70.2 Å². The van der Waals surface area contributed by atoms with E-state index in [-0.39, 0.29) is 18.2 Å². The predicted octanol–water partition coefficient (Wildman–Crippen LogP) is 2.65. The van der Waals surface area contributed by atoms with Crippen molar-refractivity contribution in [1.29, 1.82) is 0 Å². The highest BCUT2D eigenvalue weighted by Crippen LogP contribution is 2.09. The Labute approximate surface area is 128 Å². The summed E-state index contributed by atoms with van der Waals surface area (Å²) in [5.41, 5.74) is 7.17. The van der Waals surface area contributed by atoms with E-state index >= 15 is 0 Å². The van der Waals surface area contributed by atoms with Crippen molar-refractivity contribution in [3.63, 3.8) is 0 Å². The lowest BCUT2D eigenvalue weighted by atomic mass is 10.1. The van der Waals surface area contributed by atoms with Crippen LogP contribution >= 0.6 is 11.6 Å². The number of rotatable bonds is 3. The molecule has 21 heavy (non-hydrogen) atoms. The molecule has 2 amide bonds. The molecule has 0 radical (unpaired) electrons. The van der Waals surface area contributed by atoms with Crippen LogP contribution in [0.15, 0.2) is 48.5 Å². The first-order chi connectivity index (χ1) is 10.1. The van der Waals surface area contributed by atoms with E-state index in [0.29, 0.717) is 10.6 Å². The first kappa shape index (κ1) is 15.1. The molecule has 0 saturated carbocycles. The zero-order valence-corrected chi connectivity index (χ0v) is 12.3. The molecule has 108 valence electrons. The lowest BCUT2D eigenvalue weighted by Gasteiger charge is -2.09. The van der Waals surface area contributed by atoms with E-state index in [1.54, 1.807) is 24.3 Å². The molecule has 0 fully saturated rings. The average Bonchev–Trinajstić information content (AvgIpc) is 2.48. The van der Waals surface area contributed by atoms with Gasteiger partial charge in [-0.25, -0.2) is 0 Å². The first-order valence-corrected chi connectivity index (χ1v) is 6.83. The number of halogens is 1. The third-order valence-corrected chi connectivity index (χ3v) is 3.29. The molecule has 0 bridgehead atoms. The van der Waals surface area contributed by atoms with Crippen LogP contribution in [0.5, 0.6) is 0 Å². The minimum Gasteiger partial charge on any atom is -0.273 e. The fraction of sp³-hybridized carbons (Fsp3) is 0.125. The van der Waals surface area contributed by atoms with Gasteiger partial charge in [-0.1, -0.05) is 35.9 Å². The van der Waals surface area contributed by atoms with Gasteiger partial charge in [0.25, 0.3) is 5.91 Å². The summed E-state index contributed by atoms with van der Waals surface area (Å²) in [5, 5.41) is 0.551. The van der Waals surface area contributed by atoms with Gasteiger partial charge in [0.05, 0.1) is 6.42 Å². The van der Waals surface area contributed by atoms with Crippen molar-refractivity contribution >= 4 is 23.4 Å². The number of hydrazine groups is 1. The smallest absolute Gasteiger partial charge is 0.269 e. The number of carbonyl (C=O) groups excluding carboxylic acids is 2. The van der Waals surface area contributed by atoms with E-state index in [2.05, 4.69) is 10.9 Å². The van der Waals surface area contributed by atoms with Gasteiger partial charge in [-0.15, -0.1) is 0 Å². The second-order valence-electron chi connectivity index (χ2n) is 4.61. The van der Waals surface area contributed by atoms with Crippen LogP contribution in [0.4, 0.5) is 0 Å². The standard InChI is InChI=1S/C16H15ClN2O2/c1-11-4-2-3-5-13(11)10-15(20)18-19-16(21)12-6-8-14(17)9-7-12/h2-9H,10H2,1H3,(H,18,20)(H,19,21). The zero-order valence-electron chi connectivity index (χ0n) is 11.5. The van der Waals surface area contributed by atoms with E-state index in [4.69, 9.17) is 11.6 Å². The monoisotopic (exact) mass is 302 g/mol. The van der Waals surface area contributed by atoms with Gasteiger partial charge in [0.1, 0.15) is 0 Å². The molecule has 0 aliphatic heterocycles. The van der Waals surface area contributed by atoms with Crippen LogP contribution in [-0.2, 0) is 11.2 Å². The van der Waals surface area contributed by atoms with Crippen molar-refractivity contribution in [2.75, 3.05) is 0 Å². The summed E-state index contributed by atoms with van der Waals surface area (Å²) in [4.78, 5) is 23.6. The molecule has 2 rings (SSSR count). The van der Waals surface area contributed by atoms with Gasteiger partial charge in [0, 0.05) is 10.6 Å². The lowest BCUT2D eigenvalue weighted by Crippen LogP contribution is -2.42. The highest BCUT2D eigenvalue weighted by atomic mass is 35.5. The van der Waals surface area contributed by atoms with E-state index in [1.807, 2.05) is 31.2 Å². The van der Waals surface area contributed by atoms with Crippen molar-refractivity contribution < 1.29 is 9.59 Å². The Bertz CT molecular complexity index is 654. The third kappa shape index (κ3) is 4.33. The van der Waals surface area contributed by atoms with Gasteiger partial charge in [-0.2, -0.15) is 0 Å². The predicted molar refractivity (Wildman–Crippen MR) is 81.9 cm³/mol. The quantitative estimate of drug-likeness (QED) is 0.856. The molecule has 0 heterocycles. The second-order valence-corrected chi connectivity index (χ2v) is 5.05. The van der Waals surface area contributed by atoms with Gasteiger partial charge < -0.3 is 0 Å². The lowest BCUT2D eigenvalue weighted by molar-refractivity contribution is -0.121. The van der Waals surface area contributed by atoms with E-state index in [9.17, 15) is 9.59 Å². The van der Waals surface area contributed by atoms with E-state index in [0.717, 1.165) is 11.1 Å². The van der Waals surface area contributed by atoms with Gasteiger partial charge in [-0.05, 0) is 42.3 Å². The fourth-order valence-electron chi connectivity index (χ4n) is 1.83. The number of hydrogen-bond acceptors (Lipinski definition) is 2. The van der Waals surface area contributed by atoms with Gasteiger partial charge in [0.2, 0.25) is 5.91 Å². The van der Waals surface area contributed by atoms with Crippen LogP contribution in [0.1, 0.15) is 21.5 Å². The van der Waals surface area contributed by atoms with Crippen molar-refractivity contribution in [1.82, 2.24) is 10.9 Å². The molecule has 4 nitrogen and oxygen atoms in total. The van der Waals surface area contributed by atoms with Crippen LogP contribution in [0.3, 0.4) is 0 Å². The molecule has 0 spiro atoms. The van der Waals surface area contributed by atoms with Crippen molar-refractivity contribution in [2.24, 2.45) is 0 Å². The first-order valence-electron chi connectivity index (χ1n) is 6.45. The molecular weight excluding hydrogens is 288 g/mol. The molecule has 0 atom stereocenters. The summed E-state index contributed by atoms with van der Waals surface area (Å²) in [6.45, 7) is 1.94. The molecule has 2 aromatic carbocycles. The summed E-state index contributed by atoms with van der Waals surface area (Å²) >= 11 is 5.75. The Morgan fingerprint density at radius 1 is 1.00 bits per heavy atom. The summed E-state index contributed by atoms with van der Waals surface area (Å²) in [6.07, 6.45) is 0.216. The summed E-state index contributed by atoms with van der Waals surface area (Å²) < 4.78 is 0. The number of amides is 2. The third-order valence-electron chi connectivity index (χ3n) is 3.03. The second kappa shape index (κ2) is 6.90. The van der Waals surface area contributed by atoms with Crippen LogP contribution in [-0.4, -0.2) is 11.8 Å². The molecule has 0 aliphatic carbocycles. The summed E-state index contributed by atoms with van der Waals surface area (Å²) in [7, 11) is 0. The minimum atomic E-state index is -0.384. The number of aryl methyl sites for hydroxylation is 1. The molecular formula is C16H15ClN2O2. The Kier molecular flexibility index (Phi) is 4.95. The van der Waals surface area contributed by atoms with Gasteiger partial charge in [0.15, 0.2) is 0 Å². The average molecular weight is 303 g/mol. The molecule has 5 heteroatoms. The topological polar surface area (TPSA) is 58.2 Å². The largest absolute Gasteiger partial charge is 0.273 e. The van der Waals surface area contributed by atoms with Crippen LogP contribution in [0.25, 0.3) is 0 Å². The molecule has 0 aromatic heterocycles. The SMILES string of the molecule is Cc1ccccc1CC(=O)NNC(=O)c1ccc(Cl)cc1. The maximum Gasteiger partial charge on any atom is 0.269 e. The van der Waals surface area contributed by atoms with Crippen molar-refractivity contribution in [3.8, 4) is 0 Å². The van der Waals surface area contributed by atoms with Crippen LogP contribution in [0, 0.1) is 6.92 Å². The molecule has 0 saturated heterocycles. The summed E-state index contributed by atoms with van der Waals surface area (Å²) in [6, 6.07) is 14.0. The zero-order chi connectivity index (χ0) is 15.2. The Morgan fingerprint density at radius 3 is 2.33 bits per heavy atom. The molecule has 0 aliphatic rings. The molecule has 2 N–H and O–H groups in total. The maximum absolute atomic E-state index is 11.8. The van der Waals surface area contributed by atoms with Gasteiger partial charge >= 0.3 is 0 Å². The number of hydrogen-bond donors (Lipinski definition) is 2. The number of carbonyl (C=O) groups is 2. The van der Waals surface area contributed by atoms with Crippen molar-refractivity contribution in [2.45, 2.75) is 13.3 Å². The Balaban J connectivity index is 1.88. The number of benzene rings is 2. The fourth-order valence-corrected chi connectivity index (χ4v) is 1.95. The molecule has 0 unspecified atom stereocenters. The maximum atomic E-state index is 11.8. The van der Waals surface area contributed by atoms with Crippen LogP contribution in [0.2, 0.25) is 5.02 Å². The van der Waals surface area contributed by atoms with Crippen LogP contribution < -0.4 is 10.9 Å². The van der Waals surface area contributed by atoms with E-state index < -0.39 is 0 Å². The Morgan fingerprint density at radius 2 is 1.67 bits per heavy atom. The number of nitrogens with one attached hydrogen (secondary N) is 2. The Hall–Kier alpha value is -2.33. The highest BCUT2D eigenvalue weighted by molar-refractivity contribution is 6.30. The van der Waals surface area contributed by atoms with Gasteiger partial charge in [-0.3, -0.25) is 20.4 Å². The summed E-state index contributed by atoms with van der Waals surface area (Å²) in [5.74, 6) is -0.656. The van der Waals surface area contributed by atoms with E-state index in [1.165, 1.54) is 0 Å². The molecule has 2 aromatic rings. The highest BCUT2D eigenvalue weighted by Gasteiger charge is 2.08. The normalized spacial score (nSPS) is 10.0.